The second-order valence-corrected chi connectivity index (χ2v) is 4.77. The Kier molecular flexibility index (Phi) is 4.06. The highest BCUT2D eigenvalue weighted by Gasteiger charge is 2.24. The van der Waals surface area contributed by atoms with Crippen LogP contribution in [0.2, 0.25) is 10.3 Å². The maximum atomic E-state index is 11.1. The van der Waals surface area contributed by atoms with E-state index in [1.165, 1.54) is 6.92 Å². The quantitative estimate of drug-likeness (QED) is 0.484. The predicted molar refractivity (Wildman–Crippen MR) is 74.7 cm³/mol. The number of nitro groups is 1. The minimum atomic E-state index is -0.622. The highest BCUT2D eigenvalue weighted by Crippen LogP contribution is 2.35. The van der Waals surface area contributed by atoms with Crippen LogP contribution in [0.3, 0.4) is 0 Å². The molecule has 0 saturated carbocycles. The van der Waals surface area contributed by atoms with E-state index in [0.29, 0.717) is 5.02 Å². The zero-order valence-corrected chi connectivity index (χ0v) is 12.1. The molecule has 104 valence electrons. The van der Waals surface area contributed by atoms with E-state index in [-0.39, 0.29) is 28.3 Å². The van der Waals surface area contributed by atoms with Gasteiger partial charge in [-0.15, -0.1) is 0 Å². The van der Waals surface area contributed by atoms with Crippen LogP contribution in [0, 0.1) is 24.0 Å². The summed E-state index contributed by atoms with van der Waals surface area (Å²) >= 11 is 11.7. The largest absolute Gasteiger partial charge is 0.432 e. The van der Waals surface area contributed by atoms with Crippen molar-refractivity contribution in [1.29, 1.82) is 0 Å². The van der Waals surface area contributed by atoms with Crippen LogP contribution in [0.15, 0.2) is 18.2 Å². The average molecular weight is 314 g/mol. The average Bonchev–Trinajstić information content (AvgIpc) is 2.31. The molecule has 0 N–H and O–H groups in total. The highest BCUT2D eigenvalue weighted by atomic mass is 35.5. The first-order valence-electron chi connectivity index (χ1n) is 5.51. The van der Waals surface area contributed by atoms with Gasteiger partial charge in [0.15, 0.2) is 0 Å². The summed E-state index contributed by atoms with van der Waals surface area (Å²) in [6.45, 7) is 3.32. The van der Waals surface area contributed by atoms with Gasteiger partial charge < -0.3 is 4.74 Å². The topological polar surface area (TPSA) is 78.2 Å². The van der Waals surface area contributed by atoms with Gasteiger partial charge in [0.25, 0.3) is 0 Å². The van der Waals surface area contributed by atoms with Crippen molar-refractivity contribution in [2.45, 2.75) is 13.8 Å². The molecule has 1 aromatic carbocycles. The molecular formula is C12H9Cl2N3O3. The third kappa shape index (κ3) is 2.97. The minimum absolute atomic E-state index is 0.119. The monoisotopic (exact) mass is 313 g/mol. The standard InChI is InChI=1S/C12H9Cl2N3O3/c1-6-3-4-9(8(13)5-6)20-11-10(17(18)19)7(2)15-12(14)16-11/h3-5H,1-2H3. The highest BCUT2D eigenvalue weighted by molar-refractivity contribution is 6.32. The summed E-state index contributed by atoms with van der Waals surface area (Å²) in [6.07, 6.45) is 0. The lowest BCUT2D eigenvalue weighted by molar-refractivity contribution is -0.386. The Balaban J connectivity index is 2.50. The van der Waals surface area contributed by atoms with Gasteiger partial charge in [-0.05, 0) is 43.1 Å². The number of hydrogen-bond acceptors (Lipinski definition) is 5. The molecule has 0 fully saturated rings. The second kappa shape index (κ2) is 5.60. The number of hydrogen-bond donors (Lipinski definition) is 0. The zero-order chi connectivity index (χ0) is 14.9. The Morgan fingerprint density at radius 3 is 2.55 bits per heavy atom. The summed E-state index contributed by atoms with van der Waals surface area (Å²) in [5, 5.41) is 11.2. The Morgan fingerprint density at radius 2 is 1.95 bits per heavy atom. The lowest BCUT2D eigenvalue weighted by Crippen LogP contribution is -2.01. The van der Waals surface area contributed by atoms with E-state index in [0.717, 1.165) is 5.56 Å². The Hall–Kier alpha value is -1.92. The van der Waals surface area contributed by atoms with Crippen molar-refractivity contribution in [3.8, 4) is 11.6 Å². The van der Waals surface area contributed by atoms with Crippen LogP contribution in [0.4, 0.5) is 5.69 Å². The first-order chi connectivity index (χ1) is 9.38. The van der Waals surface area contributed by atoms with Crippen molar-refractivity contribution in [2.75, 3.05) is 0 Å². The molecule has 0 aliphatic heterocycles. The number of halogens is 2. The molecule has 0 aliphatic carbocycles. The molecule has 0 unspecified atom stereocenters. The molecule has 1 aromatic heterocycles. The summed E-state index contributed by atoms with van der Waals surface area (Å²) in [7, 11) is 0. The van der Waals surface area contributed by atoms with Gasteiger partial charge in [-0.2, -0.15) is 4.98 Å². The van der Waals surface area contributed by atoms with Crippen LogP contribution in [-0.2, 0) is 0 Å². The van der Waals surface area contributed by atoms with Crippen LogP contribution in [0.5, 0.6) is 11.6 Å². The van der Waals surface area contributed by atoms with E-state index in [4.69, 9.17) is 27.9 Å². The molecule has 0 atom stereocenters. The number of aryl methyl sites for hydroxylation is 2. The van der Waals surface area contributed by atoms with E-state index in [1.54, 1.807) is 18.2 Å². The molecule has 0 saturated heterocycles. The van der Waals surface area contributed by atoms with Gasteiger partial charge in [0.05, 0.1) is 9.95 Å². The van der Waals surface area contributed by atoms with Gasteiger partial charge >= 0.3 is 11.6 Å². The van der Waals surface area contributed by atoms with Gasteiger partial charge in [0, 0.05) is 0 Å². The predicted octanol–water partition coefficient (Wildman–Crippen LogP) is 4.10. The molecule has 0 spiro atoms. The fourth-order valence-corrected chi connectivity index (χ4v) is 2.06. The maximum Gasteiger partial charge on any atom is 0.352 e. The first-order valence-corrected chi connectivity index (χ1v) is 6.26. The molecular weight excluding hydrogens is 305 g/mol. The molecule has 6 nitrogen and oxygen atoms in total. The fraction of sp³-hybridized carbons (Fsp3) is 0.167. The maximum absolute atomic E-state index is 11.1. The van der Waals surface area contributed by atoms with E-state index in [2.05, 4.69) is 9.97 Å². The number of aromatic nitrogens is 2. The van der Waals surface area contributed by atoms with E-state index >= 15 is 0 Å². The van der Waals surface area contributed by atoms with Crippen LogP contribution in [0.1, 0.15) is 11.3 Å². The van der Waals surface area contributed by atoms with Crippen LogP contribution in [-0.4, -0.2) is 14.9 Å². The summed E-state index contributed by atoms with van der Waals surface area (Å²) in [4.78, 5) is 17.9. The van der Waals surface area contributed by atoms with Crippen molar-refractivity contribution in [1.82, 2.24) is 9.97 Å². The fourth-order valence-electron chi connectivity index (χ4n) is 1.58. The molecule has 2 aromatic rings. The molecule has 8 heteroatoms. The summed E-state index contributed by atoms with van der Waals surface area (Å²) in [6, 6.07) is 5.05. The normalized spacial score (nSPS) is 10.4. The van der Waals surface area contributed by atoms with Crippen molar-refractivity contribution >= 4 is 28.9 Å². The summed E-state index contributed by atoms with van der Waals surface area (Å²) < 4.78 is 5.41. The van der Waals surface area contributed by atoms with Crippen molar-refractivity contribution < 1.29 is 9.66 Å². The molecule has 0 radical (unpaired) electrons. The van der Waals surface area contributed by atoms with Crippen LogP contribution < -0.4 is 4.74 Å². The zero-order valence-electron chi connectivity index (χ0n) is 10.6. The number of ether oxygens (including phenoxy) is 1. The van der Waals surface area contributed by atoms with Gasteiger partial charge in [-0.3, -0.25) is 10.1 Å². The Labute approximate surface area is 124 Å². The smallest absolute Gasteiger partial charge is 0.352 e. The summed E-state index contributed by atoms with van der Waals surface area (Å²) in [5.41, 5.74) is 0.716. The second-order valence-electron chi connectivity index (χ2n) is 4.02. The lowest BCUT2D eigenvalue weighted by atomic mass is 10.2. The Bertz CT molecular complexity index is 692. The van der Waals surface area contributed by atoms with Crippen molar-refractivity contribution in [2.24, 2.45) is 0 Å². The van der Waals surface area contributed by atoms with Crippen LogP contribution >= 0.6 is 23.2 Å². The SMILES string of the molecule is Cc1ccc(Oc2nc(Cl)nc(C)c2[N+](=O)[O-])c(Cl)c1. The number of nitrogens with zero attached hydrogens (tertiary/aromatic N) is 3. The molecule has 1 heterocycles. The first kappa shape index (κ1) is 14.5. The molecule has 0 aliphatic rings. The van der Waals surface area contributed by atoms with Gasteiger partial charge in [-0.25, -0.2) is 4.98 Å². The molecule has 0 bridgehead atoms. The number of benzene rings is 1. The minimum Gasteiger partial charge on any atom is -0.432 e. The third-order valence-electron chi connectivity index (χ3n) is 2.48. The van der Waals surface area contributed by atoms with Crippen LogP contribution in [0.25, 0.3) is 0 Å². The van der Waals surface area contributed by atoms with Gasteiger partial charge in [-0.1, -0.05) is 17.7 Å². The van der Waals surface area contributed by atoms with E-state index < -0.39 is 4.92 Å². The molecule has 20 heavy (non-hydrogen) atoms. The van der Waals surface area contributed by atoms with Gasteiger partial charge in [0.2, 0.25) is 5.28 Å². The van der Waals surface area contributed by atoms with E-state index in [1.807, 2.05) is 6.92 Å². The lowest BCUT2D eigenvalue weighted by Gasteiger charge is -2.08. The Morgan fingerprint density at radius 1 is 1.25 bits per heavy atom. The molecule has 0 amide bonds. The summed E-state index contributed by atoms with van der Waals surface area (Å²) in [5.74, 6) is 0.0211. The number of rotatable bonds is 3. The van der Waals surface area contributed by atoms with E-state index in [9.17, 15) is 10.1 Å². The van der Waals surface area contributed by atoms with Crippen molar-refractivity contribution in [3.63, 3.8) is 0 Å². The van der Waals surface area contributed by atoms with Gasteiger partial charge in [0.1, 0.15) is 11.4 Å². The third-order valence-corrected chi connectivity index (χ3v) is 2.94. The van der Waals surface area contributed by atoms with Crippen molar-refractivity contribution in [3.05, 3.63) is 49.9 Å². The molecule has 2 rings (SSSR count).